The summed E-state index contributed by atoms with van der Waals surface area (Å²) in [4.78, 5) is 6.23. The monoisotopic (exact) mass is 308 g/mol. The number of nitrogens with one attached hydrogen (secondary N) is 1. The van der Waals surface area contributed by atoms with Crippen molar-refractivity contribution < 1.29 is 0 Å². The molecule has 1 aromatic heterocycles. The van der Waals surface area contributed by atoms with E-state index in [1.807, 2.05) is 11.3 Å². The van der Waals surface area contributed by atoms with Gasteiger partial charge in [0.15, 0.2) is 0 Å². The van der Waals surface area contributed by atoms with Crippen LogP contribution in [0.25, 0.3) is 0 Å². The Bertz CT molecular complexity index is 450. The van der Waals surface area contributed by atoms with E-state index in [0.717, 1.165) is 5.92 Å². The zero-order valence-electron chi connectivity index (χ0n) is 14.6. The predicted octanol–water partition coefficient (Wildman–Crippen LogP) is 5.37. The Morgan fingerprint density at radius 3 is 2.33 bits per heavy atom. The number of nitrogens with zero attached hydrogens (tertiary/aromatic N) is 1. The number of rotatable bonds is 4. The van der Waals surface area contributed by atoms with Gasteiger partial charge in [0, 0.05) is 22.4 Å². The molecule has 21 heavy (non-hydrogen) atoms. The van der Waals surface area contributed by atoms with Crippen LogP contribution in [-0.2, 0) is 5.41 Å². The van der Waals surface area contributed by atoms with Gasteiger partial charge >= 0.3 is 0 Å². The lowest BCUT2D eigenvalue weighted by Crippen LogP contribution is -2.34. The molecule has 0 amide bonds. The smallest absolute Gasteiger partial charge is 0.0985 e. The van der Waals surface area contributed by atoms with Gasteiger partial charge in [0.1, 0.15) is 0 Å². The second-order valence-corrected chi connectivity index (χ2v) is 8.76. The quantitative estimate of drug-likeness (QED) is 0.809. The van der Waals surface area contributed by atoms with Crippen LogP contribution in [0.1, 0.15) is 88.3 Å². The minimum Gasteiger partial charge on any atom is -0.307 e. The minimum absolute atomic E-state index is 0.159. The van der Waals surface area contributed by atoms with Gasteiger partial charge in [0.2, 0.25) is 0 Å². The van der Waals surface area contributed by atoms with E-state index in [1.54, 1.807) is 0 Å². The van der Waals surface area contributed by atoms with Crippen LogP contribution in [0.4, 0.5) is 0 Å². The highest BCUT2D eigenvalue weighted by Crippen LogP contribution is 2.34. The summed E-state index contributed by atoms with van der Waals surface area (Å²) >= 11 is 1.89. The Kier molecular flexibility index (Phi) is 5.48. The Morgan fingerprint density at radius 2 is 1.86 bits per heavy atom. The third kappa shape index (κ3) is 4.29. The molecule has 1 aromatic rings. The summed E-state index contributed by atoms with van der Waals surface area (Å²) in [6.07, 6.45) is 6.83. The SMILES string of the molecule is CCC1CCC(NC(C)c2sc(C(C)(C)C)nc2C)CC1. The largest absolute Gasteiger partial charge is 0.307 e. The number of aromatic nitrogens is 1. The van der Waals surface area contributed by atoms with Crippen LogP contribution in [0.5, 0.6) is 0 Å². The maximum absolute atomic E-state index is 4.80. The molecule has 120 valence electrons. The maximum atomic E-state index is 4.80. The van der Waals surface area contributed by atoms with Gasteiger partial charge in [0.25, 0.3) is 0 Å². The lowest BCUT2D eigenvalue weighted by atomic mass is 9.84. The first kappa shape index (κ1) is 17.0. The molecule has 0 aliphatic heterocycles. The van der Waals surface area contributed by atoms with Gasteiger partial charge in [-0.05, 0) is 45.4 Å². The highest BCUT2D eigenvalue weighted by atomic mass is 32.1. The van der Waals surface area contributed by atoms with E-state index in [2.05, 4.69) is 46.9 Å². The molecule has 3 heteroatoms. The first-order valence-electron chi connectivity index (χ1n) is 8.55. The second kappa shape index (κ2) is 6.78. The summed E-state index contributed by atoms with van der Waals surface area (Å²) in [5.74, 6) is 0.969. The summed E-state index contributed by atoms with van der Waals surface area (Å²) in [7, 11) is 0. The van der Waals surface area contributed by atoms with Gasteiger partial charge in [-0.25, -0.2) is 4.98 Å². The molecule has 1 saturated carbocycles. The molecular formula is C18H32N2S. The molecule has 1 unspecified atom stereocenters. The van der Waals surface area contributed by atoms with Crippen molar-refractivity contribution in [3.63, 3.8) is 0 Å². The molecule has 0 saturated heterocycles. The van der Waals surface area contributed by atoms with Crippen molar-refractivity contribution in [2.45, 2.75) is 91.1 Å². The van der Waals surface area contributed by atoms with Crippen molar-refractivity contribution >= 4 is 11.3 Å². The molecule has 1 fully saturated rings. The molecule has 1 atom stereocenters. The van der Waals surface area contributed by atoms with E-state index in [0.29, 0.717) is 12.1 Å². The Hall–Kier alpha value is -0.410. The molecular weight excluding hydrogens is 276 g/mol. The molecule has 1 aliphatic rings. The zero-order chi connectivity index (χ0) is 15.6. The van der Waals surface area contributed by atoms with Gasteiger partial charge in [0.05, 0.1) is 10.7 Å². The number of hydrogen-bond donors (Lipinski definition) is 1. The maximum Gasteiger partial charge on any atom is 0.0985 e. The average Bonchev–Trinajstić information content (AvgIpc) is 2.82. The van der Waals surface area contributed by atoms with E-state index >= 15 is 0 Å². The lowest BCUT2D eigenvalue weighted by Gasteiger charge is -2.30. The van der Waals surface area contributed by atoms with Crippen LogP contribution in [0.3, 0.4) is 0 Å². The molecule has 2 nitrogen and oxygen atoms in total. The third-order valence-electron chi connectivity index (χ3n) is 4.78. The van der Waals surface area contributed by atoms with Gasteiger partial charge in [-0.3, -0.25) is 0 Å². The predicted molar refractivity (Wildman–Crippen MR) is 93.1 cm³/mol. The summed E-state index contributed by atoms with van der Waals surface area (Å²) in [5, 5.41) is 5.12. The van der Waals surface area contributed by atoms with Crippen molar-refractivity contribution in [2.24, 2.45) is 5.92 Å². The third-order valence-corrected chi connectivity index (χ3v) is 6.54. The molecule has 1 heterocycles. The van der Waals surface area contributed by atoms with E-state index in [4.69, 9.17) is 4.98 Å². The van der Waals surface area contributed by atoms with E-state index in [1.165, 1.54) is 47.7 Å². The average molecular weight is 309 g/mol. The summed E-state index contributed by atoms with van der Waals surface area (Å²) < 4.78 is 0. The summed E-state index contributed by atoms with van der Waals surface area (Å²) in [6, 6.07) is 1.13. The minimum atomic E-state index is 0.159. The van der Waals surface area contributed by atoms with Crippen LogP contribution < -0.4 is 5.32 Å². The normalized spacial score (nSPS) is 25.0. The molecule has 1 aliphatic carbocycles. The van der Waals surface area contributed by atoms with E-state index < -0.39 is 0 Å². The number of thiazole rings is 1. The molecule has 0 spiro atoms. The number of hydrogen-bond acceptors (Lipinski definition) is 3. The molecule has 0 radical (unpaired) electrons. The number of aryl methyl sites for hydroxylation is 1. The van der Waals surface area contributed by atoms with Gasteiger partial charge in [-0.15, -0.1) is 11.3 Å². The van der Waals surface area contributed by atoms with Crippen LogP contribution in [0, 0.1) is 12.8 Å². The van der Waals surface area contributed by atoms with Crippen molar-refractivity contribution in [3.8, 4) is 0 Å². The van der Waals surface area contributed by atoms with Crippen molar-refractivity contribution in [1.82, 2.24) is 10.3 Å². The first-order chi connectivity index (χ1) is 9.81. The van der Waals surface area contributed by atoms with Crippen molar-refractivity contribution in [2.75, 3.05) is 0 Å². The highest BCUT2D eigenvalue weighted by Gasteiger charge is 2.25. The fourth-order valence-corrected chi connectivity index (χ4v) is 4.43. The van der Waals surface area contributed by atoms with Gasteiger partial charge in [-0.2, -0.15) is 0 Å². The Balaban J connectivity index is 1.98. The summed E-state index contributed by atoms with van der Waals surface area (Å²) in [5.41, 5.74) is 1.37. The summed E-state index contributed by atoms with van der Waals surface area (Å²) in [6.45, 7) is 13.5. The van der Waals surface area contributed by atoms with Crippen LogP contribution in [0.15, 0.2) is 0 Å². The molecule has 0 bridgehead atoms. The lowest BCUT2D eigenvalue weighted by molar-refractivity contribution is 0.274. The second-order valence-electron chi connectivity index (χ2n) is 7.73. The van der Waals surface area contributed by atoms with Crippen LogP contribution in [-0.4, -0.2) is 11.0 Å². The van der Waals surface area contributed by atoms with Crippen LogP contribution in [0.2, 0.25) is 0 Å². The Morgan fingerprint density at radius 1 is 1.24 bits per heavy atom. The molecule has 0 aromatic carbocycles. The van der Waals surface area contributed by atoms with Gasteiger partial charge < -0.3 is 5.32 Å². The Labute approximate surface area is 134 Å². The van der Waals surface area contributed by atoms with E-state index in [9.17, 15) is 0 Å². The van der Waals surface area contributed by atoms with Gasteiger partial charge in [-0.1, -0.05) is 34.1 Å². The standard InChI is InChI=1S/C18H32N2S/c1-7-14-8-10-15(11-9-14)19-12(2)16-13(3)20-17(21-16)18(4,5)6/h12,14-15,19H,7-11H2,1-6H3. The topological polar surface area (TPSA) is 24.9 Å². The van der Waals surface area contributed by atoms with Crippen molar-refractivity contribution in [1.29, 1.82) is 0 Å². The van der Waals surface area contributed by atoms with Crippen molar-refractivity contribution in [3.05, 3.63) is 15.6 Å². The zero-order valence-corrected chi connectivity index (χ0v) is 15.4. The first-order valence-corrected chi connectivity index (χ1v) is 9.36. The fraction of sp³-hybridized carbons (Fsp3) is 0.833. The van der Waals surface area contributed by atoms with E-state index in [-0.39, 0.29) is 5.41 Å². The molecule has 2 rings (SSSR count). The molecule has 1 N–H and O–H groups in total. The fourth-order valence-electron chi connectivity index (χ4n) is 3.30. The van der Waals surface area contributed by atoms with Crippen LogP contribution >= 0.6 is 11.3 Å². The highest BCUT2D eigenvalue weighted by molar-refractivity contribution is 7.12.